The van der Waals surface area contributed by atoms with Gasteiger partial charge in [-0.15, -0.1) is 0 Å². The number of aliphatic hydroxyl groups is 4. The van der Waals surface area contributed by atoms with Crippen molar-refractivity contribution in [2.24, 2.45) is 0 Å². The summed E-state index contributed by atoms with van der Waals surface area (Å²) < 4.78 is 272. The van der Waals surface area contributed by atoms with Gasteiger partial charge in [0.05, 0.1) is 0 Å². The molecule has 0 aromatic heterocycles. The third-order valence-corrected chi connectivity index (χ3v) is 3.35. The zero-order valence-corrected chi connectivity index (χ0v) is 26.9. The molecule has 53 heavy (non-hydrogen) atoms. The van der Waals surface area contributed by atoms with Gasteiger partial charge in [-0.1, -0.05) is 0 Å². The Morgan fingerprint density at radius 1 is 0.264 bits per heavy atom. The Labute approximate surface area is 291 Å². The molecule has 0 bridgehead atoms. The van der Waals surface area contributed by atoms with E-state index in [0.29, 0.717) is 0 Å². The summed E-state index contributed by atoms with van der Waals surface area (Å²) in [6, 6.07) is 0. The van der Waals surface area contributed by atoms with Crippen molar-refractivity contribution < 1.29 is 171 Å². The first-order valence-corrected chi connectivity index (χ1v) is 10.6. The quantitative estimate of drug-likeness (QED) is 0.0949. The third-order valence-electron chi connectivity index (χ3n) is 3.35. The van der Waals surface area contributed by atoms with Crippen molar-refractivity contribution in [2.45, 2.75) is 49.4 Å². The van der Waals surface area contributed by atoms with Gasteiger partial charge in [-0.3, -0.25) is 19.2 Å². The second kappa shape index (κ2) is 20.5. The second-order valence-electron chi connectivity index (χ2n) is 7.56. The summed E-state index contributed by atoms with van der Waals surface area (Å²) in [7, 11) is 0. The molecule has 0 fully saturated rings. The van der Waals surface area contributed by atoms with Crippen LogP contribution in [0.25, 0.3) is 0 Å². The molecule has 0 atom stereocenters. The van der Waals surface area contributed by atoms with Gasteiger partial charge in [0.2, 0.25) is 23.0 Å². The van der Waals surface area contributed by atoms with Crippen molar-refractivity contribution in [1.82, 2.24) is 0 Å². The molecule has 0 saturated carbocycles. The first kappa shape index (κ1) is 58.3. The van der Waals surface area contributed by atoms with Crippen molar-refractivity contribution in [3.05, 3.63) is 47.3 Å². The predicted octanol–water partition coefficient (Wildman–Crippen LogP) is 8.49. The van der Waals surface area contributed by atoms with E-state index in [1.807, 2.05) is 0 Å². The number of halogens is 24. The van der Waals surface area contributed by atoms with Crippen LogP contribution >= 0.6 is 0 Å². The number of hydrogen-bond acceptors (Lipinski definition) is 8. The van der Waals surface area contributed by atoms with Crippen molar-refractivity contribution in [2.75, 3.05) is 0 Å². The van der Waals surface area contributed by atoms with Crippen LogP contribution in [0, 0.1) is 0 Å². The van der Waals surface area contributed by atoms with Crippen LogP contribution in [0.2, 0.25) is 0 Å². The van der Waals surface area contributed by atoms with Crippen molar-refractivity contribution in [3.63, 3.8) is 0 Å². The van der Waals surface area contributed by atoms with Gasteiger partial charge in [-0.2, -0.15) is 105 Å². The van der Waals surface area contributed by atoms with Gasteiger partial charge in [0.15, 0.2) is 0 Å². The fourth-order valence-corrected chi connectivity index (χ4v) is 1.15. The smallest absolute Gasteiger partial charge is 0.454 e. The summed E-state index contributed by atoms with van der Waals surface area (Å²) in [5, 5.41) is 31.7. The second-order valence-corrected chi connectivity index (χ2v) is 7.56. The van der Waals surface area contributed by atoms with Crippen LogP contribution in [0.5, 0.6) is 0 Å². The van der Waals surface area contributed by atoms with E-state index in [1.54, 1.807) is 0 Å². The number of carbonyl (C=O) groups excluding carboxylic acids is 4. The largest absolute Gasteiger partial charge is 0.504 e. The molecule has 4 N–H and O–H groups in total. The van der Waals surface area contributed by atoms with E-state index in [9.17, 15) is 125 Å². The molecule has 0 heterocycles. The Balaban J connectivity index is -0.000000192. The van der Waals surface area contributed by atoms with Crippen molar-refractivity contribution in [3.8, 4) is 0 Å². The maximum Gasteiger partial charge on any atom is 0.454 e. The standard InChI is InChI=1S/4C5H2F6O2.Hf/c4*6-4(7,8)2(12)1-3(13)5(9,10)11;/h4*1,12H;/b4*2-1-;. The minimum absolute atomic E-state index is 0. The van der Waals surface area contributed by atoms with Crippen LogP contribution in [-0.2, 0) is 45.0 Å². The summed E-state index contributed by atoms with van der Waals surface area (Å²) in [6.45, 7) is 0. The number of ketones is 4. The fraction of sp³-hybridized carbons (Fsp3) is 0.400. The van der Waals surface area contributed by atoms with Crippen LogP contribution < -0.4 is 0 Å². The molecule has 0 radical (unpaired) electrons. The van der Waals surface area contributed by atoms with Gasteiger partial charge in [0.25, 0.3) is 23.1 Å². The molecule has 0 amide bonds. The minimum atomic E-state index is -5.42. The average molecular weight is 1010 g/mol. The number of rotatable bonds is 4. The van der Waals surface area contributed by atoms with Crippen LogP contribution in [0.1, 0.15) is 0 Å². The molecule has 0 aromatic rings. The molecule has 0 aromatic carbocycles. The molecule has 33 heteroatoms. The Kier molecular flexibility index (Phi) is 22.5. The molecule has 0 saturated heterocycles. The van der Waals surface area contributed by atoms with E-state index in [4.69, 9.17) is 20.4 Å². The number of hydrogen-bond donors (Lipinski definition) is 4. The van der Waals surface area contributed by atoms with Crippen LogP contribution in [0.15, 0.2) is 47.3 Å². The molecule has 0 unspecified atom stereocenters. The van der Waals surface area contributed by atoms with E-state index in [0.717, 1.165) is 0 Å². The van der Waals surface area contributed by atoms with Crippen molar-refractivity contribution in [1.29, 1.82) is 0 Å². The van der Waals surface area contributed by atoms with Crippen molar-refractivity contribution >= 4 is 23.1 Å². The number of carbonyl (C=O) groups is 4. The van der Waals surface area contributed by atoms with Gasteiger partial charge in [0.1, 0.15) is 0 Å². The zero-order chi connectivity index (χ0) is 43.4. The van der Waals surface area contributed by atoms with Gasteiger partial charge < -0.3 is 20.4 Å². The monoisotopic (exact) mass is 1010 g/mol. The minimum Gasteiger partial charge on any atom is -0.504 e. The summed E-state index contributed by atoms with van der Waals surface area (Å²) in [5.74, 6) is -21.3. The average Bonchev–Trinajstić information content (AvgIpc) is 2.85. The molecule has 0 aliphatic heterocycles. The first-order valence-electron chi connectivity index (χ1n) is 10.6. The van der Waals surface area contributed by atoms with E-state index in [1.165, 1.54) is 0 Å². The third kappa shape index (κ3) is 28.2. The predicted molar refractivity (Wildman–Crippen MR) is 111 cm³/mol. The molecule has 0 aliphatic carbocycles. The summed E-state index contributed by atoms with van der Waals surface area (Å²) in [6.07, 6.45) is -46.7. The van der Waals surface area contributed by atoms with E-state index in [2.05, 4.69) is 0 Å². The number of aliphatic hydroxyl groups excluding tert-OH is 4. The molecular weight excluding hydrogens is 1000 g/mol. The molecule has 0 rings (SSSR count). The summed E-state index contributed by atoms with van der Waals surface area (Å²) in [5.41, 5.74) is 0. The molecule has 8 nitrogen and oxygen atoms in total. The maximum absolute atomic E-state index is 11.4. The molecular formula is C20H8F24HfO8. The summed E-state index contributed by atoms with van der Waals surface area (Å²) >= 11 is 0. The Morgan fingerprint density at radius 3 is 0.415 bits per heavy atom. The van der Waals surface area contributed by atoms with Crippen LogP contribution in [0.3, 0.4) is 0 Å². The Hall–Kier alpha value is -3.97. The normalized spacial score (nSPS) is 14.2. The number of alkyl halides is 24. The number of allylic oxidation sites excluding steroid dienone is 8. The maximum atomic E-state index is 11.4. The Bertz CT molecular complexity index is 1150. The van der Waals surface area contributed by atoms with Gasteiger partial charge in [0, 0.05) is 50.1 Å². The SMILES string of the molecule is O=C(/C=C(\O)C(F)(F)F)C(F)(F)F.O=C(/C=C(\O)C(F)(F)F)C(F)(F)F.O=C(/C=C(\O)C(F)(F)F)C(F)(F)F.O=C(/C=C(\O)C(F)(F)F)C(F)(F)F.[Hf]. The van der Waals surface area contributed by atoms with Gasteiger partial charge in [-0.05, 0) is 0 Å². The Morgan fingerprint density at radius 2 is 0.358 bits per heavy atom. The topological polar surface area (TPSA) is 149 Å². The van der Waals surface area contributed by atoms with Crippen LogP contribution in [0.4, 0.5) is 105 Å². The van der Waals surface area contributed by atoms with E-state index >= 15 is 0 Å². The van der Waals surface area contributed by atoms with Crippen LogP contribution in [-0.4, -0.2) is 93.0 Å². The summed E-state index contributed by atoms with van der Waals surface area (Å²) in [4.78, 5) is 39.4. The van der Waals surface area contributed by atoms with E-state index < -0.39 is 120 Å². The zero-order valence-electron chi connectivity index (χ0n) is 23.3. The first-order chi connectivity index (χ1) is 22.2. The molecule has 0 aliphatic rings. The van der Waals surface area contributed by atoms with Gasteiger partial charge >= 0.3 is 49.4 Å². The fourth-order valence-electron chi connectivity index (χ4n) is 1.15. The molecule has 308 valence electrons. The molecule has 0 spiro atoms. The van der Waals surface area contributed by atoms with Gasteiger partial charge in [-0.25, -0.2) is 0 Å². The van der Waals surface area contributed by atoms with E-state index in [-0.39, 0.29) is 25.8 Å².